The van der Waals surface area contributed by atoms with Crippen molar-refractivity contribution in [1.82, 2.24) is 10.6 Å². The monoisotopic (exact) mass is 200 g/mol. The summed E-state index contributed by atoms with van der Waals surface area (Å²) in [7, 11) is 0. The highest BCUT2D eigenvalue weighted by molar-refractivity contribution is 4.64. The molecule has 0 radical (unpaired) electrons. The van der Waals surface area contributed by atoms with Crippen molar-refractivity contribution in [3.05, 3.63) is 0 Å². The van der Waals surface area contributed by atoms with Crippen LogP contribution in [0.5, 0.6) is 0 Å². The van der Waals surface area contributed by atoms with Crippen LogP contribution < -0.4 is 10.6 Å². The maximum Gasteiger partial charge on any atom is 0.00508 e. The molecule has 2 nitrogen and oxygen atoms in total. The molecule has 0 saturated heterocycles. The molecule has 0 saturated carbocycles. The fourth-order valence-electron chi connectivity index (χ4n) is 1.32. The molecule has 0 aromatic rings. The Labute approximate surface area is 89.9 Å². The van der Waals surface area contributed by atoms with Gasteiger partial charge in [0.25, 0.3) is 0 Å². The Morgan fingerprint density at radius 1 is 0.929 bits per heavy atom. The Bertz CT molecular complexity index is 115. The first-order chi connectivity index (χ1) is 6.70. The predicted molar refractivity (Wildman–Crippen MR) is 64.7 cm³/mol. The van der Waals surface area contributed by atoms with Gasteiger partial charge in [-0.2, -0.15) is 0 Å². The Kier molecular flexibility index (Phi) is 9.42. The van der Waals surface area contributed by atoms with E-state index in [4.69, 9.17) is 0 Å². The molecule has 14 heavy (non-hydrogen) atoms. The SMILES string of the molecule is CCCCNC(C)CCNC(C)CC. The lowest BCUT2D eigenvalue weighted by Crippen LogP contribution is -2.33. The van der Waals surface area contributed by atoms with E-state index in [0.717, 1.165) is 6.54 Å². The second kappa shape index (κ2) is 9.47. The van der Waals surface area contributed by atoms with E-state index < -0.39 is 0 Å². The quantitative estimate of drug-likeness (QED) is 0.559. The van der Waals surface area contributed by atoms with Gasteiger partial charge in [-0.15, -0.1) is 0 Å². The summed E-state index contributed by atoms with van der Waals surface area (Å²) in [5, 5.41) is 7.05. The number of rotatable bonds is 9. The van der Waals surface area contributed by atoms with Crippen LogP contribution in [0, 0.1) is 0 Å². The normalized spacial score (nSPS) is 15.4. The minimum atomic E-state index is 0.651. The lowest BCUT2D eigenvalue weighted by molar-refractivity contribution is 0.456. The predicted octanol–water partition coefficient (Wildman–Crippen LogP) is 2.54. The molecule has 0 aliphatic carbocycles. The first-order valence-electron chi connectivity index (χ1n) is 6.17. The van der Waals surface area contributed by atoms with Gasteiger partial charge in [0.15, 0.2) is 0 Å². The maximum absolute atomic E-state index is 3.54. The zero-order valence-electron chi connectivity index (χ0n) is 10.4. The molecule has 2 unspecified atom stereocenters. The van der Waals surface area contributed by atoms with Crippen molar-refractivity contribution in [2.45, 2.75) is 65.5 Å². The smallest absolute Gasteiger partial charge is 0.00508 e. The number of nitrogens with one attached hydrogen (secondary N) is 2. The van der Waals surface area contributed by atoms with Crippen molar-refractivity contribution in [3.8, 4) is 0 Å². The average Bonchev–Trinajstić information content (AvgIpc) is 2.18. The van der Waals surface area contributed by atoms with Gasteiger partial charge in [0.1, 0.15) is 0 Å². The highest BCUT2D eigenvalue weighted by atomic mass is 14.9. The fourth-order valence-corrected chi connectivity index (χ4v) is 1.32. The lowest BCUT2D eigenvalue weighted by Gasteiger charge is -2.16. The van der Waals surface area contributed by atoms with E-state index in [0.29, 0.717) is 12.1 Å². The molecule has 2 heteroatoms. The van der Waals surface area contributed by atoms with Crippen molar-refractivity contribution < 1.29 is 0 Å². The summed E-state index contributed by atoms with van der Waals surface area (Å²) in [6, 6.07) is 1.32. The molecule has 0 rings (SSSR count). The first kappa shape index (κ1) is 13.9. The molecule has 0 amide bonds. The summed E-state index contributed by atoms with van der Waals surface area (Å²) >= 11 is 0. The topological polar surface area (TPSA) is 24.1 Å². The fraction of sp³-hybridized carbons (Fsp3) is 1.00. The second-order valence-corrected chi connectivity index (χ2v) is 4.26. The minimum Gasteiger partial charge on any atom is -0.314 e. The second-order valence-electron chi connectivity index (χ2n) is 4.26. The van der Waals surface area contributed by atoms with Gasteiger partial charge in [-0.05, 0) is 46.2 Å². The lowest BCUT2D eigenvalue weighted by atomic mass is 10.2. The summed E-state index contributed by atoms with van der Waals surface area (Å²) in [5.41, 5.74) is 0. The van der Waals surface area contributed by atoms with Crippen LogP contribution in [0.1, 0.15) is 53.4 Å². The highest BCUT2D eigenvalue weighted by Gasteiger charge is 2.01. The molecule has 0 fully saturated rings. The van der Waals surface area contributed by atoms with Crippen molar-refractivity contribution in [1.29, 1.82) is 0 Å². The van der Waals surface area contributed by atoms with Gasteiger partial charge in [-0.3, -0.25) is 0 Å². The molecule has 0 spiro atoms. The molecule has 0 aromatic heterocycles. The zero-order chi connectivity index (χ0) is 10.8. The van der Waals surface area contributed by atoms with Crippen molar-refractivity contribution in [2.24, 2.45) is 0 Å². The van der Waals surface area contributed by atoms with Crippen molar-refractivity contribution >= 4 is 0 Å². The van der Waals surface area contributed by atoms with E-state index in [1.807, 2.05) is 0 Å². The maximum atomic E-state index is 3.54. The number of hydrogen-bond acceptors (Lipinski definition) is 2. The highest BCUT2D eigenvalue weighted by Crippen LogP contribution is 1.93. The van der Waals surface area contributed by atoms with Gasteiger partial charge in [-0.25, -0.2) is 0 Å². The number of hydrogen-bond donors (Lipinski definition) is 2. The molecule has 0 heterocycles. The standard InChI is InChI=1S/C12H28N2/c1-5-7-9-13-12(4)8-10-14-11(3)6-2/h11-14H,5-10H2,1-4H3. The van der Waals surface area contributed by atoms with Crippen LogP contribution in [0.2, 0.25) is 0 Å². The largest absolute Gasteiger partial charge is 0.314 e. The third-order valence-electron chi connectivity index (χ3n) is 2.71. The van der Waals surface area contributed by atoms with Gasteiger partial charge in [-0.1, -0.05) is 20.3 Å². The van der Waals surface area contributed by atoms with E-state index in [1.165, 1.54) is 32.2 Å². The van der Waals surface area contributed by atoms with Gasteiger partial charge in [0.2, 0.25) is 0 Å². The Morgan fingerprint density at radius 2 is 1.57 bits per heavy atom. The summed E-state index contributed by atoms with van der Waals surface area (Å²) in [6.45, 7) is 11.3. The Balaban J connectivity index is 3.21. The number of unbranched alkanes of at least 4 members (excludes halogenated alkanes) is 1. The van der Waals surface area contributed by atoms with Gasteiger partial charge in [0.05, 0.1) is 0 Å². The molecule has 2 N–H and O–H groups in total. The van der Waals surface area contributed by atoms with Crippen molar-refractivity contribution in [2.75, 3.05) is 13.1 Å². The molecule has 86 valence electrons. The van der Waals surface area contributed by atoms with Gasteiger partial charge >= 0.3 is 0 Å². The van der Waals surface area contributed by atoms with Crippen LogP contribution in [-0.4, -0.2) is 25.2 Å². The van der Waals surface area contributed by atoms with Crippen LogP contribution in [0.4, 0.5) is 0 Å². The minimum absolute atomic E-state index is 0.651. The molecular formula is C12H28N2. The van der Waals surface area contributed by atoms with Crippen LogP contribution in [0.25, 0.3) is 0 Å². The summed E-state index contributed by atoms with van der Waals surface area (Å²) in [4.78, 5) is 0. The molecule has 0 aliphatic rings. The van der Waals surface area contributed by atoms with Crippen molar-refractivity contribution in [3.63, 3.8) is 0 Å². The molecule has 0 bridgehead atoms. The van der Waals surface area contributed by atoms with Crippen LogP contribution in [0.15, 0.2) is 0 Å². The van der Waals surface area contributed by atoms with E-state index in [9.17, 15) is 0 Å². The average molecular weight is 200 g/mol. The van der Waals surface area contributed by atoms with E-state index in [2.05, 4.69) is 38.3 Å². The van der Waals surface area contributed by atoms with Gasteiger partial charge in [0, 0.05) is 12.1 Å². The molecular weight excluding hydrogens is 172 g/mol. The summed E-state index contributed by atoms with van der Waals surface area (Å²) < 4.78 is 0. The summed E-state index contributed by atoms with van der Waals surface area (Å²) in [5.74, 6) is 0. The third-order valence-corrected chi connectivity index (χ3v) is 2.71. The van der Waals surface area contributed by atoms with Crippen LogP contribution in [0.3, 0.4) is 0 Å². The first-order valence-corrected chi connectivity index (χ1v) is 6.17. The van der Waals surface area contributed by atoms with Crippen LogP contribution >= 0.6 is 0 Å². The Morgan fingerprint density at radius 3 is 2.14 bits per heavy atom. The van der Waals surface area contributed by atoms with Crippen LogP contribution in [-0.2, 0) is 0 Å². The summed E-state index contributed by atoms with van der Waals surface area (Å²) in [6.07, 6.45) is 5.03. The third kappa shape index (κ3) is 8.52. The molecule has 0 aliphatic heterocycles. The molecule has 0 aromatic carbocycles. The van der Waals surface area contributed by atoms with E-state index in [-0.39, 0.29) is 0 Å². The Hall–Kier alpha value is -0.0800. The zero-order valence-corrected chi connectivity index (χ0v) is 10.4. The van der Waals surface area contributed by atoms with E-state index in [1.54, 1.807) is 0 Å². The van der Waals surface area contributed by atoms with Gasteiger partial charge < -0.3 is 10.6 Å². The van der Waals surface area contributed by atoms with E-state index >= 15 is 0 Å². The molecule has 2 atom stereocenters.